The number of benzene rings is 2. The zero-order chi connectivity index (χ0) is 20.8. The van der Waals surface area contributed by atoms with Gasteiger partial charge in [-0.3, -0.25) is 4.79 Å². The van der Waals surface area contributed by atoms with Crippen molar-refractivity contribution in [2.45, 2.75) is 6.42 Å². The minimum atomic E-state index is -0.705. The maximum atomic E-state index is 12.7. The fraction of sp³-hybridized carbons (Fsp3) is 0.250. The van der Waals surface area contributed by atoms with Crippen molar-refractivity contribution in [1.82, 2.24) is 0 Å². The summed E-state index contributed by atoms with van der Waals surface area (Å²) in [5.74, 6) is -0.0899. The Hall–Kier alpha value is -3.44. The van der Waals surface area contributed by atoms with Gasteiger partial charge >= 0.3 is 5.97 Å². The summed E-state index contributed by atoms with van der Waals surface area (Å²) in [6.45, 7) is 0.501. The largest absolute Gasteiger partial charge is 0.486 e. The van der Waals surface area contributed by atoms with E-state index in [4.69, 9.17) is 36.8 Å². The topological polar surface area (TPSA) is 115 Å². The number of hydrogen-bond acceptors (Lipinski definition) is 7. The molecule has 2 aromatic carbocycles. The van der Waals surface area contributed by atoms with Crippen LogP contribution in [-0.4, -0.2) is 38.2 Å². The van der Waals surface area contributed by atoms with Gasteiger partial charge in [-0.2, -0.15) is 5.26 Å². The van der Waals surface area contributed by atoms with Crippen LogP contribution in [-0.2, 0) is 9.53 Å². The lowest BCUT2D eigenvalue weighted by molar-refractivity contribution is -0.121. The fourth-order valence-electron chi connectivity index (χ4n) is 2.72. The van der Waals surface area contributed by atoms with Gasteiger partial charge in [0, 0.05) is 18.3 Å². The van der Waals surface area contributed by atoms with E-state index in [2.05, 4.69) is 0 Å². The van der Waals surface area contributed by atoms with Crippen LogP contribution in [0.3, 0.4) is 0 Å². The van der Waals surface area contributed by atoms with Gasteiger partial charge in [-0.15, -0.1) is 0 Å². The van der Waals surface area contributed by atoms with Gasteiger partial charge in [0.25, 0.3) is 5.91 Å². The smallest absolute Gasteiger partial charge is 0.338 e. The standard InChI is InChI=1S/C20H18ClN3O5/c21-15-4-2-13(10-16(15)23)20(26)29-12-19(25)24(7-1-6-22)14-3-5-17-18(11-14)28-9-8-27-17/h2-5,10-11H,1,7-9,12,23H2. The van der Waals surface area contributed by atoms with E-state index in [9.17, 15) is 9.59 Å². The molecule has 0 radical (unpaired) electrons. The summed E-state index contributed by atoms with van der Waals surface area (Å²) < 4.78 is 16.1. The quantitative estimate of drug-likeness (QED) is 0.569. The number of rotatable bonds is 6. The number of ether oxygens (including phenoxy) is 3. The first-order valence-corrected chi connectivity index (χ1v) is 9.16. The molecule has 0 atom stereocenters. The Morgan fingerprint density at radius 3 is 2.66 bits per heavy atom. The highest BCUT2D eigenvalue weighted by atomic mass is 35.5. The van der Waals surface area contributed by atoms with Crippen LogP contribution in [0.1, 0.15) is 16.8 Å². The molecule has 2 N–H and O–H groups in total. The Balaban J connectivity index is 1.71. The third-order valence-corrected chi connectivity index (χ3v) is 4.49. The van der Waals surface area contributed by atoms with Crippen LogP contribution < -0.4 is 20.1 Å². The van der Waals surface area contributed by atoms with Crippen molar-refractivity contribution < 1.29 is 23.8 Å². The third kappa shape index (κ3) is 4.89. The molecule has 0 fully saturated rings. The molecule has 1 aliphatic rings. The zero-order valence-corrected chi connectivity index (χ0v) is 16.1. The average molecular weight is 416 g/mol. The first kappa shape index (κ1) is 20.3. The summed E-state index contributed by atoms with van der Waals surface area (Å²) in [6.07, 6.45) is 0.113. The van der Waals surface area contributed by atoms with Crippen LogP contribution in [0.15, 0.2) is 36.4 Å². The van der Waals surface area contributed by atoms with E-state index in [0.29, 0.717) is 35.4 Å². The van der Waals surface area contributed by atoms with E-state index in [0.717, 1.165) is 0 Å². The summed E-state index contributed by atoms with van der Waals surface area (Å²) in [7, 11) is 0. The van der Waals surface area contributed by atoms with Gasteiger partial charge < -0.3 is 24.8 Å². The number of fused-ring (bicyclic) bond motifs is 1. The number of carbonyl (C=O) groups is 2. The minimum absolute atomic E-state index is 0.113. The lowest BCUT2D eigenvalue weighted by atomic mass is 10.2. The molecular weight excluding hydrogens is 398 g/mol. The SMILES string of the molecule is N#CCCN(C(=O)COC(=O)c1ccc(Cl)c(N)c1)c1ccc2c(c1)OCCO2. The number of halogens is 1. The number of anilines is 2. The molecule has 1 amide bonds. The van der Waals surface area contributed by atoms with Crippen molar-refractivity contribution >= 4 is 34.9 Å². The maximum absolute atomic E-state index is 12.7. The minimum Gasteiger partial charge on any atom is -0.486 e. The van der Waals surface area contributed by atoms with Crippen LogP contribution in [0.25, 0.3) is 0 Å². The molecule has 0 saturated heterocycles. The van der Waals surface area contributed by atoms with Crippen LogP contribution in [0.4, 0.5) is 11.4 Å². The molecule has 29 heavy (non-hydrogen) atoms. The molecule has 1 heterocycles. The molecule has 3 rings (SSSR count). The monoisotopic (exact) mass is 415 g/mol. The molecule has 0 bridgehead atoms. The summed E-state index contributed by atoms with van der Waals surface area (Å²) in [5.41, 5.74) is 6.62. The van der Waals surface area contributed by atoms with Gasteiger partial charge in [-0.25, -0.2) is 4.79 Å². The highest BCUT2D eigenvalue weighted by molar-refractivity contribution is 6.33. The molecule has 2 aromatic rings. The van der Waals surface area contributed by atoms with E-state index >= 15 is 0 Å². The third-order valence-electron chi connectivity index (χ3n) is 4.14. The second-order valence-corrected chi connectivity index (χ2v) is 6.50. The van der Waals surface area contributed by atoms with Crippen LogP contribution in [0.5, 0.6) is 11.5 Å². The molecule has 1 aliphatic heterocycles. The summed E-state index contributed by atoms with van der Waals surface area (Å²) in [6, 6.07) is 11.4. The number of amides is 1. The van der Waals surface area contributed by atoms with Gasteiger partial charge in [-0.05, 0) is 30.3 Å². The van der Waals surface area contributed by atoms with Crippen molar-refractivity contribution in [3.63, 3.8) is 0 Å². The van der Waals surface area contributed by atoms with Crippen molar-refractivity contribution in [2.75, 3.05) is 37.0 Å². The zero-order valence-electron chi connectivity index (χ0n) is 15.4. The van der Waals surface area contributed by atoms with Crippen molar-refractivity contribution in [2.24, 2.45) is 0 Å². The van der Waals surface area contributed by atoms with Gasteiger partial charge in [0.05, 0.1) is 28.8 Å². The predicted octanol–water partition coefficient (Wildman–Crippen LogP) is 2.80. The van der Waals surface area contributed by atoms with E-state index in [1.807, 2.05) is 6.07 Å². The summed E-state index contributed by atoms with van der Waals surface area (Å²) in [4.78, 5) is 26.3. The molecule has 0 spiro atoms. The van der Waals surface area contributed by atoms with Crippen LogP contribution in [0, 0.1) is 11.3 Å². The fourth-order valence-corrected chi connectivity index (χ4v) is 2.84. The van der Waals surface area contributed by atoms with E-state index in [-0.39, 0.29) is 24.2 Å². The Morgan fingerprint density at radius 2 is 1.93 bits per heavy atom. The summed E-state index contributed by atoms with van der Waals surface area (Å²) >= 11 is 5.84. The molecule has 150 valence electrons. The number of hydrogen-bond donors (Lipinski definition) is 1. The number of carbonyl (C=O) groups excluding carboxylic acids is 2. The highest BCUT2D eigenvalue weighted by Crippen LogP contribution is 2.34. The average Bonchev–Trinajstić information content (AvgIpc) is 2.74. The van der Waals surface area contributed by atoms with Gasteiger partial charge in [0.2, 0.25) is 0 Å². The van der Waals surface area contributed by atoms with E-state index in [1.165, 1.54) is 23.1 Å². The van der Waals surface area contributed by atoms with Crippen molar-refractivity contribution in [3.8, 4) is 17.6 Å². The molecule has 0 unspecified atom stereocenters. The first-order valence-electron chi connectivity index (χ1n) is 8.78. The highest BCUT2D eigenvalue weighted by Gasteiger charge is 2.21. The molecular formula is C20H18ClN3O5. The molecule has 0 saturated carbocycles. The number of nitrogens with zero attached hydrogens (tertiary/aromatic N) is 2. The van der Waals surface area contributed by atoms with E-state index in [1.54, 1.807) is 18.2 Å². The second kappa shape index (κ2) is 9.17. The van der Waals surface area contributed by atoms with Crippen molar-refractivity contribution in [3.05, 3.63) is 47.0 Å². The van der Waals surface area contributed by atoms with Gasteiger partial charge in [-0.1, -0.05) is 11.6 Å². The van der Waals surface area contributed by atoms with Crippen LogP contribution >= 0.6 is 11.6 Å². The normalized spacial score (nSPS) is 12.0. The summed E-state index contributed by atoms with van der Waals surface area (Å²) in [5, 5.41) is 9.23. The Labute approximate surface area is 172 Å². The first-order chi connectivity index (χ1) is 14.0. The Kier molecular flexibility index (Phi) is 6.42. The van der Waals surface area contributed by atoms with Gasteiger partial charge in [0.15, 0.2) is 18.1 Å². The molecule has 0 aliphatic carbocycles. The number of esters is 1. The van der Waals surface area contributed by atoms with E-state index < -0.39 is 18.5 Å². The molecule has 0 aromatic heterocycles. The van der Waals surface area contributed by atoms with Crippen molar-refractivity contribution in [1.29, 1.82) is 5.26 Å². The lowest BCUT2D eigenvalue weighted by Gasteiger charge is -2.24. The number of nitrogen functional groups attached to an aromatic ring is 1. The predicted molar refractivity (Wildman–Crippen MR) is 106 cm³/mol. The second-order valence-electron chi connectivity index (χ2n) is 6.09. The van der Waals surface area contributed by atoms with Gasteiger partial charge in [0.1, 0.15) is 13.2 Å². The maximum Gasteiger partial charge on any atom is 0.338 e. The molecule has 9 heteroatoms. The Bertz CT molecular complexity index is 973. The Morgan fingerprint density at radius 1 is 1.17 bits per heavy atom. The number of nitriles is 1. The van der Waals surface area contributed by atoms with Crippen LogP contribution in [0.2, 0.25) is 5.02 Å². The lowest BCUT2D eigenvalue weighted by Crippen LogP contribution is -2.35. The molecule has 8 nitrogen and oxygen atoms in total. The number of nitrogens with two attached hydrogens (primary N) is 1.